The van der Waals surface area contributed by atoms with Gasteiger partial charge in [0.25, 0.3) is 0 Å². The van der Waals surface area contributed by atoms with Gasteiger partial charge in [-0.2, -0.15) is 0 Å². The Balaban J connectivity index is 2.14. The summed E-state index contributed by atoms with van der Waals surface area (Å²) in [5, 5.41) is 25.9. The van der Waals surface area contributed by atoms with E-state index < -0.39 is 5.97 Å². The number of carbonyl (C=O) groups is 1. The number of aromatic nitrogens is 3. The first-order valence-electron chi connectivity index (χ1n) is 6.26. The lowest BCUT2D eigenvalue weighted by molar-refractivity contribution is 0.0687. The summed E-state index contributed by atoms with van der Waals surface area (Å²) in [6, 6.07) is 6.72. The molecule has 0 spiro atoms. The van der Waals surface area contributed by atoms with Crippen molar-refractivity contribution in [2.24, 2.45) is 0 Å². The Bertz CT molecular complexity index is 612. The summed E-state index contributed by atoms with van der Waals surface area (Å²) < 4.78 is 6.96. The van der Waals surface area contributed by atoms with Crippen LogP contribution in [0.25, 0.3) is 0 Å². The van der Waals surface area contributed by atoms with Crippen LogP contribution in [0.3, 0.4) is 0 Å². The Kier molecular flexibility index (Phi) is 5.13. The molecule has 1 aromatic heterocycles. The summed E-state index contributed by atoms with van der Waals surface area (Å²) in [4.78, 5) is 11.1. The van der Waals surface area contributed by atoms with Crippen LogP contribution in [0.4, 0.5) is 0 Å². The van der Waals surface area contributed by atoms with Gasteiger partial charge in [-0.25, -0.2) is 9.48 Å². The number of ether oxygens (including phenoxy) is 1. The molecule has 1 aromatic carbocycles. The van der Waals surface area contributed by atoms with Crippen LogP contribution in [0.5, 0.6) is 5.75 Å². The van der Waals surface area contributed by atoms with Gasteiger partial charge in [-0.15, -0.1) is 5.10 Å². The number of aromatic carboxylic acids is 1. The molecule has 0 aliphatic rings. The van der Waals surface area contributed by atoms with E-state index in [0.717, 1.165) is 0 Å². The molecule has 0 atom stereocenters. The highest BCUT2D eigenvalue weighted by molar-refractivity contribution is 6.30. The van der Waals surface area contributed by atoms with Gasteiger partial charge < -0.3 is 14.9 Å². The summed E-state index contributed by atoms with van der Waals surface area (Å²) in [6.07, 6.45) is 0.455. The molecule has 2 aromatic rings. The van der Waals surface area contributed by atoms with Crippen LogP contribution in [0.1, 0.15) is 22.6 Å². The van der Waals surface area contributed by atoms with Crippen LogP contribution in [0.15, 0.2) is 24.3 Å². The molecule has 2 rings (SSSR count). The minimum absolute atomic E-state index is 0.0141. The summed E-state index contributed by atoms with van der Waals surface area (Å²) in [7, 11) is 0. The van der Waals surface area contributed by atoms with Crippen LogP contribution in [0, 0.1) is 0 Å². The third-order valence-corrected chi connectivity index (χ3v) is 3.01. The van der Waals surface area contributed by atoms with Gasteiger partial charge in [0.1, 0.15) is 18.1 Å². The lowest BCUT2D eigenvalue weighted by Crippen LogP contribution is -2.12. The van der Waals surface area contributed by atoms with E-state index in [1.807, 2.05) is 0 Å². The van der Waals surface area contributed by atoms with Gasteiger partial charge in [0.15, 0.2) is 5.69 Å². The smallest absolute Gasteiger partial charge is 0.358 e. The highest BCUT2D eigenvalue weighted by Gasteiger charge is 2.19. The first-order chi connectivity index (χ1) is 10.1. The van der Waals surface area contributed by atoms with E-state index >= 15 is 0 Å². The molecule has 0 fully saturated rings. The number of carboxylic acid groups (broad SMARTS) is 1. The van der Waals surface area contributed by atoms with E-state index in [9.17, 15) is 4.79 Å². The number of nitrogens with zero attached hydrogens (tertiary/aromatic N) is 3. The highest BCUT2D eigenvalue weighted by atomic mass is 35.5. The van der Waals surface area contributed by atoms with Gasteiger partial charge in [-0.3, -0.25) is 0 Å². The maximum absolute atomic E-state index is 11.1. The molecule has 0 amide bonds. The Morgan fingerprint density at radius 3 is 2.67 bits per heavy atom. The lowest BCUT2D eigenvalue weighted by Gasteiger charge is -2.08. The van der Waals surface area contributed by atoms with E-state index in [1.165, 1.54) is 4.68 Å². The number of aliphatic hydroxyl groups excluding tert-OH is 1. The highest BCUT2D eigenvalue weighted by Crippen LogP contribution is 2.17. The lowest BCUT2D eigenvalue weighted by atomic mass is 10.3. The van der Waals surface area contributed by atoms with Crippen LogP contribution in [-0.2, 0) is 13.2 Å². The summed E-state index contributed by atoms with van der Waals surface area (Å²) in [5.74, 6) is -0.606. The van der Waals surface area contributed by atoms with Crippen LogP contribution in [-0.4, -0.2) is 37.8 Å². The van der Waals surface area contributed by atoms with Gasteiger partial charge in [-0.1, -0.05) is 16.8 Å². The maximum Gasteiger partial charge on any atom is 0.358 e. The minimum atomic E-state index is -1.17. The molecule has 0 bridgehead atoms. The first kappa shape index (κ1) is 15.3. The van der Waals surface area contributed by atoms with E-state index in [2.05, 4.69) is 10.3 Å². The zero-order valence-corrected chi connectivity index (χ0v) is 11.8. The summed E-state index contributed by atoms with van der Waals surface area (Å²) >= 11 is 5.78. The minimum Gasteiger partial charge on any atom is -0.487 e. The molecular formula is C13H14ClN3O4. The fourth-order valence-electron chi connectivity index (χ4n) is 1.72. The first-order valence-corrected chi connectivity index (χ1v) is 6.64. The number of aryl methyl sites for hydroxylation is 1. The number of halogens is 1. The third kappa shape index (κ3) is 3.93. The van der Waals surface area contributed by atoms with Crippen molar-refractivity contribution in [3.63, 3.8) is 0 Å². The van der Waals surface area contributed by atoms with Crippen molar-refractivity contribution in [2.45, 2.75) is 19.6 Å². The van der Waals surface area contributed by atoms with Gasteiger partial charge >= 0.3 is 5.97 Å². The van der Waals surface area contributed by atoms with Crippen molar-refractivity contribution < 1.29 is 19.7 Å². The third-order valence-electron chi connectivity index (χ3n) is 2.76. The zero-order valence-electron chi connectivity index (χ0n) is 11.1. The SMILES string of the molecule is O=C(O)c1nnn(CCCO)c1COc1ccc(Cl)cc1. The molecule has 0 aliphatic heterocycles. The summed E-state index contributed by atoms with van der Waals surface area (Å²) in [6.45, 7) is 0.373. The van der Waals surface area contributed by atoms with Gasteiger partial charge in [0.05, 0.1) is 0 Å². The van der Waals surface area contributed by atoms with E-state index in [0.29, 0.717) is 29.4 Å². The molecule has 21 heavy (non-hydrogen) atoms. The number of benzene rings is 1. The predicted molar refractivity (Wildman–Crippen MR) is 74.5 cm³/mol. The Morgan fingerprint density at radius 1 is 1.33 bits per heavy atom. The molecule has 2 N–H and O–H groups in total. The fraction of sp³-hybridized carbons (Fsp3) is 0.308. The average molecular weight is 312 g/mol. The molecule has 0 unspecified atom stereocenters. The molecule has 0 saturated carbocycles. The molecule has 0 saturated heterocycles. The van der Waals surface area contributed by atoms with Crippen LogP contribution >= 0.6 is 11.6 Å². The number of rotatable bonds is 7. The van der Waals surface area contributed by atoms with E-state index in [1.54, 1.807) is 24.3 Å². The molecular weight excluding hydrogens is 298 g/mol. The second-order valence-corrected chi connectivity index (χ2v) is 4.67. The monoisotopic (exact) mass is 311 g/mol. The average Bonchev–Trinajstić information content (AvgIpc) is 2.87. The molecule has 0 radical (unpaired) electrons. The zero-order chi connectivity index (χ0) is 15.2. The number of hydrogen-bond acceptors (Lipinski definition) is 5. The quantitative estimate of drug-likeness (QED) is 0.806. The molecule has 7 nitrogen and oxygen atoms in total. The number of carboxylic acids is 1. The van der Waals surface area contributed by atoms with Crippen molar-refractivity contribution in [3.05, 3.63) is 40.7 Å². The summed E-state index contributed by atoms with van der Waals surface area (Å²) in [5.41, 5.74) is 0.202. The standard InChI is InChI=1S/C13H14ClN3O4/c14-9-2-4-10(5-3-9)21-8-11-12(13(19)20)15-16-17(11)6-1-7-18/h2-5,18H,1,6-8H2,(H,19,20). The van der Waals surface area contributed by atoms with Crippen molar-refractivity contribution >= 4 is 17.6 Å². The van der Waals surface area contributed by atoms with Gasteiger partial charge in [0, 0.05) is 18.2 Å². The number of hydrogen-bond donors (Lipinski definition) is 2. The van der Waals surface area contributed by atoms with Gasteiger partial charge in [-0.05, 0) is 30.7 Å². The van der Waals surface area contributed by atoms with Gasteiger partial charge in [0.2, 0.25) is 0 Å². The predicted octanol–water partition coefficient (Wildman–Crippen LogP) is 1.59. The molecule has 8 heteroatoms. The second-order valence-electron chi connectivity index (χ2n) is 4.23. The normalized spacial score (nSPS) is 10.6. The Hall–Kier alpha value is -2.12. The largest absolute Gasteiger partial charge is 0.487 e. The van der Waals surface area contributed by atoms with E-state index in [4.69, 9.17) is 26.6 Å². The van der Waals surface area contributed by atoms with Crippen LogP contribution < -0.4 is 4.74 Å². The van der Waals surface area contributed by atoms with Crippen molar-refractivity contribution in [1.29, 1.82) is 0 Å². The molecule has 1 heterocycles. The van der Waals surface area contributed by atoms with Crippen molar-refractivity contribution in [3.8, 4) is 5.75 Å². The number of aliphatic hydroxyl groups is 1. The molecule has 0 aliphatic carbocycles. The topological polar surface area (TPSA) is 97.5 Å². The molecule has 112 valence electrons. The maximum atomic E-state index is 11.1. The van der Waals surface area contributed by atoms with E-state index in [-0.39, 0.29) is 18.9 Å². The Labute approximate surface area is 125 Å². The van der Waals surface area contributed by atoms with Crippen molar-refractivity contribution in [1.82, 2.24) is 15.0 Å². The Morgan fingerprint density at radius 2 is 2.05 bits per heavy atom. The van der Waals surface area contributed by atoms with Crippen molar-refractivity contribution in [2.75, 3.05) is 6.61 Å². The van der Waals surface area contributed by atoms with Crippen LogP contribution in [0.2, 0.25) is 5.02 Å². The second kappa shape index (κ2) is 7.05. The fourth-order valence-corrected chi connectivity index (χ4v) is 1.85.